The summed E-state index contributed by atoms with van der Waals surface area (Å²) in [7, 11) is -3.78. The van der Waals surface area contributed by atoms with E-state index in [2.05, 4.69) is 10.0 Å². The monoisotopic (exact) mass is 386 g/mol. The second-order valence-corrected chi connectivity index (χ2v) is 8.49. The van der Waals surface area contributed by atoms with Crippen LogP contribution < -0.4 is 10.0 Å². The molecular weight excluding hydrogens is 368 g/mol. The number of hydrogen-bond acceptors (Lipinski definition) is 4. The highest BCUT2D eigenvalue weighted by atomic mass is 32.2. The van der Waals surface area contributed by atoms with Crippen LogP contribution in [0.5, 0.6) is 0 Å². The lowest BCUT2D eigenvalue weighted by atomic mass is 10.1. The van der Waals surface area contributed by atoms with Crippen LogP contribution in [0.15, 0.2) is 82.4 Å². The molecule has 0 saturated heterocycles. The molecule has 5 nitrogen and oxygen atoms in total. The predicted octanol–water partition coefficient (Wildman–Crippen LogP) is 3.08. The summed E-state index contributed by atoms with van der Waals surface area (Å²) < 4.78 is 27.8. The van der Waals surface area contributed by atoms with Gasteiger partial charge in [-0.1, -0.05) is 66.7 Å². The Morgan fingerprint density at radius 1 is 0.923 bits per heavy atom. The molecule has 0 spiro atoms. The molecule has 1 amide bonds. The summed E-state index contributed by atoms with van der Waals surface area (Å²) in [6.45, 7) is 0.323. The summed E-state index contributed by atoms with van der Waals surface area (Å²) >= 11 is 1.11. The van der Waals surface area contributed by atoms with Crippen molar-refractivity contribution >= 4 is 27.3 Å². The number of carbonyl (C=O) groups is 1. The molecule has 2 aromatic carbocycles. The lowest BCUT2D eigenvalue weighted by Crippen LogP contribution is -2.39. The van der Waals surface area contributed by atoms with E-state index in [1.54, 1.807) is 35.7 Å². The molecule has 1 heterocycles. The molecular formula is C19H18N2O3S2. The molecule has 0 aliphatic rings. The van der Waals surface area contributed by atoms with E-state index in [4.69, 9.17) is 0 Å². The lowest BCUT2D eigenvalue weighted by molar-refractivity contribution is -0.123. The summed E-state index contributed by atoms with van der Waals surface area (Å²) in [5, 5.41) is 4.49. The molecule has 1 atom stereocenters. The van der Waals surface area contributed by atoms with E-state index in [0.717, 1.165) is 16.9 Å². The van der Waals surface area contributed by atoms with Gasteiger partial charge < -0.3 is 5.32 Å². The third-order valence-electron chi connectivity index (χ3n) is 3.74. The zero-order valence-corrected chi connectivity index (χ0v) is 15.5. The van der Waals surface area contributed by atoms with Crippen LogP contribution in [0.1, 0.15) is 17.2 Å². The van der Waals surface area contributed by atoms with E-state index in [9.17, 15) is 13.2 Å². The normalized spacial score (nSPS) is 12.5. The summed E-state index contributed by atoms with van der Waals surface area (Å²) in [6, 6.07) is 20.4. The van der Waals surface area contributed by atoms with Crippen molar-refractivity contribution in [3.8, 4) is 0 Å². The van der Waals surface area contributed by atoms with Crippen LogP contribution in [0.4, 0.5) is 0 Å². The van der Waals surface area contributed by atoms with Crippen LogP contribution in [0, 0.1) is 0 Å². The first-order valence-corrected chi connectivity index (χ1v) is 10.3. The smallest absolute Gasteiger partial charge is 0.251 e. The van der Waals surface area contributed by atoms with Gasteiger partial charge in [0.2, 0.25) is 5.91 Å². The zero-order chi connectivity index (χ0) is 18.4. The maximum absolute atomic E-state index is 12.7. The van der Waals surface area contributed by atoms with E-state index in [0.29, 0.717) is 12.1 Å². The molecule has 0 aliphatic carbocycles. The average molecular weight is 386 g/mol. The van der Waals surface area contributed by atoms with Crippen molar-refractivity contribution in [1.82, 2.24) is 10.0 Å². The lowest BCUT2D eigenvalue weighted by Gasteiger charge is -2.18. The van der Waals surface area contributed by atoms with E-state index in [-0.39, 0.29) is 4.21 Å². The molecule has 2 N–H and O–H groups in total. The Labute approximate surface area is 156 Å². The Balaban J connectivity index is 1.81. The van der Waals surface area contributed by atoms with Crippen molar-refractivity contribution in [2.45, 2.75) is 16.8 Å². The Hall–Kier alpha value is -2.48. The molecule has 1 aromatic heterocycles. The maximum atomic E-state index is 12.7. The van der Waals surface area contributed by atoms with Gasteiger partial charge in [0.05, 0.1) is 0 Å². The standard InChI is InChI=1S/C19H18N2O3S2/c22-19(20-14-15-8-3-1-4-9-15)18(16-10-5-2-6-11-16)21-26(23,24)17-12-7-13-25-17/h1-13,18,21H,14H2,(H,20,22)/t18-/m1/s1. The van der Waals surface area contributed by atoms with Gasteiger partial charge in [0.15, 0.2) is 0 Å². The fourth-order valence-corrected chi connectivity index (χ4v) is 4.63. The highest BCUT2D eigenvalue weighted by Crippen LogP contribution is 2.21. The van der Waals surface area contributed by atoms with Gasteiger partial charge in [-0.25, -0.2) is 8.42 Å². The number of sulfonamides is 1. The molecule has 3 rings (SSSR count). The largest absolute Gasteiger partial charge is 0.350 e. The van der Waals surface area contributed by atoms with Gasteiger partial charge in [0.1, 0.15) is 10.3 Å². The summed E-state index contributed by atoms with van der Waals surface area (Å²) in [6.07, 6.45) is 0. The van der Waals surface area contributed by atoms with Crippen LogP contribution in [0.25, 0.3) is 0 Å². The molecule has 3 aromatic rings. The van der Waals surface area contributed by atoms with E-state index < -0.39 is 22.0 Å². The number of nitrogens with one attached hydrogen (secondary N) is 2. The molecule has 7 heteroatoms. The minimum Gasteiger partial charge on any atom is -0.350 e. The Bertz CT molecular complexity index is 941. The van der Waals surface area contributed by atoms with Gasteiger partial charge in [-0.05, 0) is 22.6 Å². The minimum atomic E-state index is -3.78. The molecule has 0 fully saturated rings. The highest BCUT2D eigenvalue weighted by molar-refractivity contribution is 7.91. The second kappa shape index (κ2) is 8.27. The van der Waals surface area contributed by atoms with Gasteiger partial charge in [-0.15, -0.1) is 11.3 Å². The first-order chi connectivity index (χ1) is 12.6. The summed E-state index contributed by atoms with van der Waals surface area (Å²) in [5.74, 6) is -0.403. The van der Waals surface area contributed by atoms with Crippen molar-refractivity contribution in [1.29, 1.82) is 0 Å². The zero-order valence-electron chi connectivity index (χ0n) is 13.8. The molecule has 0 unspecified atom stereocenters. The Morgan fingerprint density at radius 2 is 1.58 bits per heavy atom. The quantitative estimate of drug-likeness (QED) is 0.655. The fourth-order valence-electron chi connectivity index (χ4n) is 2.44. The number of carbonyl (C=O) groups excluding carboxylic acids is 1. The van der Waals surface area contributed by atoms with Crippen LogP contribution in [0.2, 0.25) is 0 Å². The molecule has 0 saturated carbocycles. The number of thiophene rings is 1. The van der Waals surface area contributed by atoms with E-state index in [1.165, 1.54) is 6.07 Å². The number of rotatable bonds is 7. The summed E-state index contributed by atoms with van der Waals surface area (Å²) in [4.78, 5) is 12.7. The van der Waals surface area contributed by atoms with Crippen LogP contribution in [-0.4, -0.2) is 14.3 Å². The fraction of sp³-hybridized carbons (Fsp3) is 0.105. The SMILES string of the molecule is O=C(NCc1ccccc1)[C@H](NS(=O)(=O)c1cccs1)c1ccccc1. The maximum Gasteiger partial charge on any atom is 0.251 e. The molecule has 0 bridgehead atoms. The van der Waals surface area contributed by atoms with Gasteiger partial charge in [0.25, 0.3) is 10.0 Å². The van der Waals surface area contributed by atoms with Crippen molar-refractivity contribution in [3.63, 3.8) is 0 Å². The third kappa shape index (κ3) is 4.57. The van der Waals surface area contributed by atoms with Crippen molar-refractivity contribution < 1.29 is 13.2 Å². The van der Waals surface area contributed by atoms with Gasteiger partial charge in [-0.3, -0.25) is 4.79 Å². The van der Waals surface area contributed by atoms with Gasteiger partial charge in [-0.2, -0.15) is 4.72 Å². The Kier molecular flexibility index (Phi) is 5.82. The number of hydrogen-bond donors (Lipinski definition) is 2. The van der Waals surface area contributed by atoms with Crippen molar-refractivity contribution in [3.05, 3.63) is 89.3 Å². The molecule has 134 valence electrons. The van der Waals surface area contributed by atoms with Crippen molar-refractivity contribution in [2.24, 2.45) is 0 Å². The topological polar surface area (TPSA) is 75.3 Å². The van der Waals surface area contributed by atoms with Gasteiger partial charge in [0, 0.05) is 6.54 Å². The van der Waals surface area contributed by atoms with Crippen LogP contribution >= 0.6 is 11.3 Å². The average Bonchev–Trinajstić information content (AvgIpc) is 3.22. The number of benzene rings is 2. The third-order valence-corrected chi connectivity index (χ3v) is 6.56. The minimum absolute atomic E-state index is 0.175. The molecule has 26 heavy (non-hydrogen) atoms. The summed E-state index contributed by atoms with van der Waals surface area (Å²) in [5.41, 5.74) is 1.52. The predicted molar refractivity (Wildman–Crippen MR) is 102 cm³/mol. The van der Waals surface area contributed by atoms with Crippen molar-refractivity contribution in [2.75, 3.05) is 0 Å². The van der Waals surface area contributed by atoms with E-state index in [1.807, 2.05) is 36.4 Å². The molecule has 0 radical (unpaired) electrons. The second-order valence-electron chi connectivity index (χ2n) is 5.60. The Morgan fingerprint density at radius 3 is 2.19 bits per heavy atom. The van der Waals surface area contributed by atoms with Crippen LogP contribution in [0.3, 0.4) is 0 Å². The number of amides is 1. The molecule has 0 aliphatic heterocycles. The van der Waals surface area contributed by atoms with Crippen LogP contribution in [-0.2, 0) is 21.4 Å². The first-order valence-electron chi connectivity index (χ1n) is 7.99. The van der Waals surface area contributed by atoms with Gasteiger partial charge >= 0.3 is 0 Å². The highest BCUT2D eigenvalue weighted by Gasteiger charge is 2.27. The first kappa shape index (κ1) is 18.3. The van der Waals surface area contributed by atoms with E-state index >= 15 is 0 Å².